The Labute approximate surface area is 66.3 Å². The van der Waals surface area contributed by atoms with Crippen LogP contribution in [0.15, 0.2) is 0 Å². The van der Waals surface area contributed by atoms with Gasteiger partial charge in [-0.25, -0.2) is 0 Å². The Bertz CT molecular complexity index is 66.6. The first-order valence-corrected chi connectivity index (χ1v) is 5.19. The molecule has 0 atom stereocenters. The summed E-state index contributed by atoms with van der Waals surface area (Å²) >= 11 is 7.52. The van der Waals surface area contributed by atoms with Gasteiger partial charge in [-0.05, 0) is 12.8 Å². The van der Waals surface area contributed by atoms with Gasteiger partial charge in [0.05, 0.1) is 5.21 Å². The topological polar surface area (TPSA) is 0 Å². The molecule has 1 saturated carbocycles. The molecular formula is C7H13ClS. The number of halogens is 1. The molecule has 0 heterocycles. The summed E-state index contributed by atoms with van der Waals surface area (Å²) in [5.41, 5.74) is 0. The molecule has 1 aliphatic rings. The van der Waals surface area contributed by atoms with Crippen LogP contribution in [0.2, 0.25) is 0 Å². The monoisotopic (exact) mass is 164 g/mol. The molecule has 1 fully saturated rings. The minimum absolute atomic E-state index is 0.782. The van der Waals surface area contributed by atoms with Gasteiger partial charge in [-0.1, -0.05) is 19.3 Å². The zero-order chi connectivity index (χ0) is 6.53. The molecule has 9 heavy (non-hydrogen) atoms. The van der Waals surface area contributed by atoms with E-state index in [9.17, 15) is 0 Å². The van der Waals surface area contributed by atoms with Gasteiger partial charge in [0.2, 0.25) is 0 Å². The van der Waals surface area contributed by atoms with E-state index < -0.39 is 0 Å². The quantitative estimate of drug-likeness (QED) is 0.565. The first kappa shape index (κ1) is 7.74. The lowest BCUT2D eigenvalue weighted by Gasteiger charge is -2.19. The van der Waals surface area contributed by atoms with Gasteiger partial charge in [-0.15, -0.1) is 23.4 Å². The summed E-state index contributed by atoms with van der Waals surface area (Å²) < 4.78 is 0. The minimum atomic E-state index is 0.782. The minimum Gasteiger partial charge on any atom is -0.142 e. The van der Waals surface area contributed by atoms with Crippen LogP contribution in [-0.4, -0.2) is 10.5 Å². The first-order valence-electron chi connectivity index (χ1n) is 3.61. The van der Waals surface area contributed by atoms with E-state index in [1.165, 1.54) is 32.1 Å². The Kier molecular flexibility index (Phi) is 3.83. The average Bonchev–Trinajstić information content (AvgIpc) is 1.91. The zero-order valence-electron chi connectivity index (χ0n) is 5.61. The predicted molar refractivity (Wildman–Crippen MR) is 45.2 cm³/mol. The second-order valence-corrected chi connectivity index (χ2v) is 4.41. The standard InChI is InChI=1S/C7H13ClS/c8-6-9-7-4-2-1-3-5-7/h7H,1-6H2. The molecule has 0 N–H and O–H groups in total. The van der Waals surface area contributed by atoms with Crippen molar-refractivity contribution in [2.45, 2.75) is 37.4 Å². The van der Waals surface area contributed by atoms with Crippen LogP contribution in [-0.2, 0) is 0 Å². The van der Waals surface area contributed by atoms with Gasteiger partial charge < -0.3 is 0 Å². The maximum Gasteiger partial charge on any atom is 0.0683 e. The summed E-state index contributed by atoms with van der Waals surface area (Å²) in [5.74, 6) is 0. The zero-order valence-corrected chi connectivity index (χ0v) is 7.18. The molecule has 0 radical (unpaired) electrons. The van der Waals surface area contributed by atoms with Crippen LogP contribution in [0.4, 0.5) is 0 Å². The fourth-order valence-corrected chi connectivity index (χ4v) is 2.70. The van der Waals surface area contributed by atoms with Crippen molar-refractivity contribution in [1.29, 1.82) is 0 Å². The Balaban J connectivity index is 2.08. The lowest BCUT2D eigenvalue weighted by atomic mass is 10.0. The third-order valence-electron chi connectivity index (χ3n) is 1.85. The highest BCUT2D eigenvalue weighted by molar-refractivity contribution is 8.00. The summed E-state index contributed by atoms with van der Waals surface area (Å²) in [6.07, 6.45) is 7.09. The maximum atomic E-state index is 5.60. The van der Waals surface area contributed by atoms with Crippen LogP contribution in [0.3, 0.4) is 0 Å². The van der Waals surface area contributed by atoms with Crippen molar-refractivity contribution in [2.24, 2.45) is 0 Å². The maximum absolute atomic E-state index is 5.60. The lowest BCUT2D eigenvalue weighted by Crippen LogP contribution is -2.07. The summed E-state index contributed by atoms with van der Waals surface area (Å²) in [6, 6.07) is 0. The summed E-state index contributed by atoms with van der Waals surface area (Å²) in [7, 11) is 0. The molecule has 2 heteroatoms. The summed E-state index contributed by atoms with van der Waals surface area (Å²) in [6.45, 7) is 0. The third-order valence-corrected chi connectivity index (χ3v) is 3.30. The molecule has 0 aromatic heterocycles. The number of alkyl halides is 1. The predicted octanol–water partition coefficient (Wildman–Crippen LogP) is 3.25. The summed E-state index contributed by atoms with van der Waals surface area (Å²) in [4.78, 5) is 0. The molecule has 54 valence electrons. The van der Waals surface area contributed by atoms with Crippen molar-refractivity contribution < 1.29 is 0 Å². The van der Waals surface area contributed by atoms with E-state index in [-0.39, 0.29) is 0 Å². The molecule has 0 unspecified atom stereocenters. The highest BCUT2D eigenvalue weighted by atomic mass is 35.5. The molecular weight excluding hydrogens is 152 g/mol. The summed E-state index contributed by atoms with van der Waals surface area (Å²) in [5, 5.41) is 1.67. The molecule has 0 spiro atoms. The van der Waals surface area contributed by atoms with Gasteiger partial charge in [0, 0.05) is 5.25 Å². The molecule has 0 aromatic rings. The molecule has 1 rings (SSSR count). The van der Waals surface area contributed by atoms with E-state index in [4.69, 9.17) is 11.6 Å². The molecule has 0 saturated heterocycles. The van der Waals surface area contributed by atoms with Crippen molar-refractivity contribution in [3.63, 3.8) is 0 Å². The Hall–Kier alpha value is 0.640. The van der Waals surface area contributed by atoms with Crippen molar-refractivity contribution in [1.82, 2.24) is 0 Å². The molecule has 0 bridgehead atoms. The van der Waals surface area contributed by atoms with Crippen LogP contribution < -0.4 is 0 Å². The van der Waals surface area contributed by atoms with E-state index in [1.54, 1.807) is 0 Å². The smallest absolute Gasteiger partial charge is 0.0683 e. The van der Waals surface area contributed by atoms with Crippen LogP contribution in [0.25, 0.3) is 0 Å². The molecule has 0 aliphatic heterocycles. The van der Waals surface area contributed by atoms with E-state index in [0.717, 1.165) is 10.5 Å². The number of hydrogen-bond acceptors (Lipinski definition) is 1. The van der Waals surface area contributed by atoms with Gasteiger partial charge in [-0.2, -0.15) is 0 Å². The third kappa shape index (κ3) is 2.81. The van der Waals surface area contributed by atoms with E-state index in [2.05, 4.69) is 0 Å². The van der Waals surface area contributed by atoms with Crippen molar-refractivity contribution in [3.05, 3.63) is 0 Å². The average molecular weight is 165 g/mol. The Morgan fingerprint density at radius 2 is 1.89 bits per heavy atom. The van der Waals surface area contributed by atoms with Gasteiger partial charge >= 0.3 is 0 Å². The molecule has 1 aliphatic carbocycles. The lowest BCUT2D eigenvalue weighted by molar-refractivity contribution is 0.516. The van der Waals surface area contributed by atoms with Crippen LogP contribution in [0.1, 0.15) is 32.1 Å². The van der Waals surface area contributed by atoms with Crippen LogP contribution in [0.5, 0.6) is 0 Å². The van der Waals surface area contributed by atoms with Crippen LogP contribution in [0, 0.1) is 0 Å². The molecule has 0 aromatic carbocycles. The number of hydrogen-bond donors (Lipinski definition) is 0. The highest BCUT2D eigenvalue weighted by Gasteiger charge is 2.11. The van der Waals surface area contributed by atoms with Crippen molar-refractivity contribution in [2.75, 3.05) is 5.21 Å². The molecule has 0 amide bonds. The van der Waals surface area contributed by atoms with Gasteiger partial charge in [-0.3, -0.25) is 0 Å². The Morgan fingerprint density at radius 3 is 2.44 bits per heavy atom. The second-order valence-electron chi connectivity index (χ2n) is 2.54. The SMILES string of the molecule is ClCSC1CCCCC1. The van der Waals surface area contributed by atoms with Gasteiger partial charge in [0.25, 0.3) is 0 Å². The number of thioether (sulfide) groups is 1. The van der Waals surface area contributed by atoms with E-state index in [1.807, 2.05) is 11.8 Å². The number of rotatable bonds is 2. The van der Waals surface area contributed by atoms with E-state index in [0.29, 0.717) is 0 Å². The molecule has 0 nitrogen and oxygen atoms in total. The van der Waals surface area contributed by atoms with Crippen molar-refractivity contribution >= 4 is 23.4 Å². The Morgan fingerprint density at radius 1 is 1.22 bits per heavy atom. The first-order chi connectivity index (χ1) is 4.43. The fraction of sp³-hybridized carbons (Fsp3) is 1.00. The normalized spacial score (nSPS) is 22.3. The highest BCUT2D eigenvalue weighted by Crippen LogP contribution is 2.28. The second kappa shape index (κ2) is 4.45. The van der Waals surface area contributed by atoms with Gasteiger partial charge in [0.15, 0.2) is 0 Å². The van der Waals surface area contributed by atoms with Crippen LogP contribution >= 0.6 is 23.4 Å². The fourth-order valence-electron chi connectivity index (χ4n) is 1.32. The van der Waals surface area contributed by atoms with E-state index >= 15 is 0 Å². The van der Waals surface area contributed by atoms with Crippen molar-refractivity contribution in [3.8, 4) is 0 Å². The largest absolute Gasteiger partial charge is 0.142 e. The van der Waals surface area contributed by atoms with Gasteiger partial charge in [0.1, 0.15) is 0 Å².